The maximum Gasteiger partial charge on any atom is 0.343 e. The molecule has 0 fully saturated rings. The van der Waals surface area contributed by atoms with Gasteiger partial charge in [-0.15, -0.1) is 6.58 Å². The molecule has 0 bridgehead atoms. The van der Waals surface area contributed by atoms with Crippen molar-refractivity contribution in [3.8, 4) is 23.0 Å². The Labute approximate surface area is 303 Å². The molecule has 0 amide bonds. The third-order valence-corrected chi connectivity index (χ3v) is 9.02. The first kappa shape index (κ1) is 37.6. The fourth-order valence-electron chi connectivity index (χ4n) is 5.69. The molecule has 1 aromatic heterocycles. The Morgan fingerprint density at radius 3 is 2.46 bits per heavy atom. The van der Waals surface area contributed by atoms with Crippen molar-refractivity contribution in [2.24, 2.45) is 4.99 Å². The summed E-state index contributed by atoms with van der Waals surface area (Å²) in [6.07, 6.45) is 3.84. The Kier molecular flexibility index (Phi) is 12.3. The van der Waals surface area contributed by atoms with Gasteiger partial charge in [0, 0.05) is 11.1 Å². The summed E-state index contributed by atoms with van der Waals surface area (Å²) in [5, 5.41) is 0. The number of nitrogens with zero attached hydrogens (tertiary/aromatic N) is 2. The highest BCUT2D eigenvalue weighted by atomic mass is 32.1. The molecule has 1 aliphatic rings. The van der Waals surface area contributed by atoms with E-state index in [9.17, 15) is 18.8 Å². The van der Waals surface area contributed by atoms with E-state index in [1.54, 1.807) is 75.4 Å². The second-order valence-electron chi connectivity index (χ2n) is 11.4. The van der Waals surface area contributed by atoms with Crippen molar-refractivity contribution in [3.05, 3.63) is 126 Å². The Bertz CT molecular complexity index is 2210. The first-order chi connectivity index (χ1) is 25.1. The van der Waals surface area contributed by atoms with E-state index in [0.29, 0.717) is 55.4 Å². The summed E-state index contributed by atoms with van der Waals surface area (Å²) in [6.45, 7) is 9.11. The van der Waals surface area contributed by atoms with Gasteiger partial charge in [0.05, 0.1) is 49.3 Å². The third kappa shape index (κ3) is 8.10. The van der Waals surface area contributed by atoms with Crippen molar-refractivity contribution >= 4 is 29.4 Å². The molecule has 1 atom stereocenters. The predicted octanol–water partition coefficient (Wildman–Crippen LogP) is 5.20. The largest absolute Gasteiger partial charge is 0.493 e. The average Bonchev–Trinajstić information content (AvgIpc) is 3.43. The summed E-state index contributed by atoms with van der Waals surface area (Å²) in [7, 11) is 2.76. The smallest absolute Gasteiger partial charge is 0.343 e. The van der Waals surface area contributed by atoms with E-state index in [1.165, 1.54) is 24.9 Å². The van der Waals surface area contributed by atoms with Crippen LogP contribution in [0.1, 0.15) is 49.1 Å². The van der Waals surface area contributed by atoms with Crippen molar-refractivity contribution in [1.82, 2.24) is 4.57 Å². The molecule has 3 aromatic carbocycles. The minimum Gasteiger partial charge on any atom is -0.493 e. The molecular formula is C39H39FN2O9S. The highest BCUT2D eigenvalue weighted by Gasteiger charge is 2.34. The summed E-state index contributed by atoms with van der Waals surface area (Å²) in [5.41, 5.74) is 2.48. The number of ether oxygens (including phenoxy) is 6. The van der Waals surface area contributed by atoms with Gasteiger partial charge in [0.25, 0.3) is 5.56 Å². The van der Waals surface area contributed by atoms with E-state index in [1.807, 2.05) is 6.07 Å². The van der Waals surface area contributed by atoms with Crippen LogP contribution in [0.3, 0.4) is 0 Å². The number of hydrogen-bond acceptors (Lipinski definition) is 11. The van der Waals surface area contributed by atoms with Crippen LogP contribution in [-0.4, -0.2) is 50.5 Å². The number of fused-ring (bicyclic) bond motifs is 1. The first-order valence-corrected chi connectivity index (χ1v) is 17.3. The number of rotatable bonds is 15. The number of thiazole rings is 1. The summed E-state index contributed by atoms with van der Waals surface area (Å²) in [6, 6.07) is 14.0. The fraction of sp³-hybridized carbons (Fsp3) is 0.282. The van der Waals surface area contributed by atoms with Crippen LogP contribution in [0.25, 0.3) is 6.08 Å². The number of halogens is 1. The molecule has 0 aliphatic carbocycles. The number of allylic oxidation sites excluding steroid dienone is 2. The summed E-state index contributed by atoms with van der Waals surface area (Å²) in [5.74, 6) is -0.141. The molecule has 0 radical (unpaired) electrons. The third-order valence-electron chi connectivity index (χ3n) is 8.04. The van der Waals surface area contributed by atoms with Gasteiger partial charge in [0.2, 0.25) is 0 Å². The SMILES string of the molecule is C=CCc1cc(/C=c2\sc3n(c2=O)[C@@H](c2ccc(OCC(=O)OC)c(OCC)c2)C(C(=O)OCC)=C(C)N=3)cc(OC)c1OCc1ccccc1F. The molecule has 0 N–H and O–H groups in total. The quantitative estimate of drug-likeness (QED) is 0.120. The number of carbonyl (C=O) groups excluding carboxylic acids is 2. The molecule has 4 aromatic rings. The maximum atomic E-state index is 14.3. The van der Waals surface area contributed by atoms with Crippen LogP contribution in [0.15, 0.2) is 88.3 Å². The van der Waals surface area contributed by atoms with Crippen LogP contribution >= 0.6 is 11.3 Å². The monoisotopic (exact) mass is 730 g/mol. The van der Waals surface area contributed by atoms with Gasteiger partial charge in [-0.3, -0.25) is 9.36 Å². The van der Waals surface area contributed by atoms with Crippen molar-refractivity contribution < 1.29 is 42.4 Å². The van der Waals surface area contributed by atoms with E-state index >= 15 is 0 Å². The van der Waals surface area contributed by atoms with Gasteiger partial charge in [-0.25, -0.2) is 19.0 Å². The Morgan fingerprint density at radius 2 is 1.77 bits per heavy atom. The van der Waals surface area contributed by atoms with E-state index in [2.05, 4.69) is 16.3 Å². The van der Waals surface area contributed by atoms with E-state index in [-0.39, 0.29) is 43.6 Å². The topological polar surface area (TPSA) is 124 Å². The zero-order chi connectivity index (χ0) is 37.4. The molecule has 5 rings (SSSR count). The van der Waals surface area contributed by atoms with Gasteiger partial charge in [0.1, 0.15) is 12.4 Å². The number of esters is 2. The summed E-state index contributed by atoms with van der Waals surface area (Å²) < 4.78 is 49.5. The molecular weight excluding hydrogens is 691 g/mol. The molecule has 272 valence electrons. The molecule has 0 saturated carbocycles. The maximum absolute atomic E-state index is 14.3. The Morgan fingerprint density at radius 1 is 0.981 bits per heavy atom. The van der Waals surface area contributed by atoms with Crippen molar-refractivity contribution in [3.63, 3.8) is 0 Å². The minimum atomic E-state index is -0.925. The molecule has 0 unspecified atom stereocenters. The van der Waals surface area contributed by atoms with E-state index in [4.69, 9.17) is 23.7 Å². The van der Waals surface area contributed by atoms with Gasteiger partial charge >= 0.3 is 11.9 Å². The lowest BCUT2D eigenvalue weighted by atomic mass is 9.95. The van der Waals surface area contributed by atoms with Gasteiger partial charge in [-0.1, -0.05) is 41.7 Å². The number of aromatic nitrogens is 1. The molecule has 0 spiro atoms. The lowest BCUT2D eigenvalue weighted by molar-refractivity contribution is -0.143. The van der Waals surface area contributed by atoms with Gasteiger partial charge < -0.3 is 28.4 Å². The highest BCUT2D eigenvalue weighted by Crippen LogP contribution is 2.37. The number of benzene rings is 3. The molecule has 13 heteroatoms. The lowest BCUT2D eigenvalue weighted by Gasteiger charge is -2.25. The predicted molar refractivity (Wildman–Crippen MR) is 193 cm³/mol. The van der Waals surface area contributed by atoms with Gasteiger partial charge in [-0.05, 0) is 74.7 Å². The molecule has 0 saturated heterocycles. The Balaban J connectivity index is 1.62. The number of methoxy groups -OCH3 is 2. The fourth-order valence-corrected chi connectivity index (χ4v) is 6.74. The van der Waals surface area contributed by atoms with Crippen LogP contribution in [0.2, 0.25) is 0 Å². The van der Waals surface area contributed by atoms with Crippen molar-refractivity contribution in [2.75, 3.05) is 34.0 Å². The summed E-state index contributed by atoms with van der Waals surface area (Å²) in [4.78, 5) is 44.6. The van der Waals surface area contributed by atoms with Gasteiger partial charge in [0.15, 0.2) is 34.4 Å². The van der Waals surface area contributed by atoms with Crippen molar-refractivity contribution in [2.45, 2.75) is 39.8 Å². The van der Waals surface area contributed by atoms with Crippen LogP contribution in [-0.2, 0) is 32.1 Å². The normalized spacial score (nSPS) is 13.9. The van der Waals surface area contributed by atoms with Crippen LogP contribution < -0.4 is 33.8 Å². The van der Waals surface area contributed by atoms with Crippen LogP contribution in [0, 0.1) is 5.82 Å². The van der Waals surface area contributed by atoms with E-state index < -0.39 is 23.5 Å². The van der Waals surface area contributed by atoms with Crippen LogP contribution in [0.5, 0.6) is 23.0 Å². The Hall–Kier alpha value is -5.69. The second kappa shape index (κ2) is 17.0. The van der Waals surface area contributed by atoms with Crippen molar-refractivity contribution in [1.29, 1.82) is 0 Å². The molecule has 11 nitrogen and oxygen atoms in total. The number of hydrogen-bond donors (Lipinski definition) is 0. The molecule has 1 aliphatic heterocycles. The standard InChI is InChI=1S/C39H39FN2O9S/c1-7-12-26-17-24(18-31(46-5)36(26)51-21-27-13-10-11-14-28(27)40)19-32-37(44)42-35(34(38(45)49-9-3)23(4)41-39(42)52-32)25-15-16-29(30(20-25)48-8-2)50-22-33(43)47-6/h7,10-11,13-20,35H,1,8-9,12,21-22H2,2-6H3/b32-19-/t35-/m0/s1. The highest BCUT2D eigenvalue weighted by molar-refractivity contribution is 7.07. The average molecular weight is 731 g/mol. The second-order valence-corrected chi connectivity index (χ2v) is 12.4. The first-order valence-electron chi connectivity index (χ1n) is 16.5. The van der Waals surface area contributed by atoms with Crippen LogP contribution in [0.4, 0.5) is 4.39 Å². The summed E-state index contributed by atoms with van der Waals surface area (Å²) >= 11 is 1.16. The molecule has 2 heterocycles. The zero-order valence-corrected chi connectivity index (χ0v) is 30.3. The number of carbonyl (C=O) groups is 2. The van der Waals surface area contributed by atoms with E-state index in [0.717, 1.165) is 16.9 Å². The minimum absolute atomic E-state index is 0.0172. The zero-order valence-electron chi connectivity index (χ0n) is 29.5. The lowest BCUT2D eigenvalue weighted by Crippen LogP contribution is -2.40. The van der Waals surface area contributed by atoms with Gasteiger partial charge in [-0.2, -0.15) is 0 Å². The molecule has 52 heavy (non-hydrogen) atoms.